The minimum atomic E-state index is 0.184. The summed E-state index contributed by atoms with van der Waals surface area (Å²) in [6.07, 6.45) is 1.13. The van der Waals surface area contributed by atoms with Gasteiger partial charge < -0.3 is 9.47 Å². The van der Waals surface area contributed by atoms with Gasteiger partial charge in [0, 0.05) is 31.0 Å². The van der Waals surface area contributed by atoms with Crippen LogP contribution in [0.5, 0.6) is 0 Å². The number of carbonyl (C=O) groups excluding carboxylic acids is 1. The first-order valence-electron chi connectivity index (χ1n) is 7.17. The van der Waals surface area contributed by atoms with Gasteiger partial charge >= 0.3 is 0 Å². The van der Waals surface area contributed by atoms with Gasteiger partial charge in [-0.3, -0.25) is 4.79 Å². The molecule has 0 unspecified atom stereocenters. The first-order valence-corrected chi connectivity index (χ1v) is 7.17. The fraction of sp³-hybridized carbons (Fsp3) is 0.353. The Morgan fingerprint density at radius 3 is 2.45 bits per heavy atom. The maximum Gasteiger partial charge on any atom is 0.255 e. The maximum atomic E-state index is 12.4. The van der Waals surface area contributed by atoms with E-state index in [2.05, 4.69) is 35.8 Å². The zero-order chi connectivity index (χ0) is 14.1. The molecular formula is C17H20N2O. The van der Waals surface area contributed by atoms with Crippen molar-refractivity contribution in [2.75, 3.05) is 13.1 Å². The molecule has 1 amide bonds. The minimum Gasteiger partial charge on any atom is -0.344 e. The van der Waals surface area contributed by atoms with Crippen LogP contribution in [0.15, 0.2) is 36.4 Å². The number of hydrogen-bond acceptors (Lipinski definition) is 1. The average Bonchev–Trinajstić information content (AvgIpc) is 2.66. The molecule has 0 N–H and O–H groups in total. The third-order valence-electron chi connectivity index (χ3n) is 4.13. The van der Waals surface area contributed by atoms with E-state index in [4.69, 9.17) is 0 Å². The molecule has 1 aliphatic heterocycles. The zero-order valence-corrected chi connectivity index (χ0v) is 12.1. The second-order valence-electron chi connectivity index (χ2n) is 5.50. The van der Waals surface area contributed by atoms with Gasteiger partial charge in [-0.25, -0.2) is 0 Å². The molecular weight excluding hydrogens is 248 g/mol. The van der Waals surface area contributed by atoms with Crippen molar-refractivity contribution in [1.82, 2.24) is 9.47 Å². The Morgan fingerprint density at radius 2 is 1.85 bits per heavy atom. The molecule has 2 heterocycles. The molecule has 0 spiro atoms. The third kappa shape index (κ3) is 2.24. The van der Waals surface area contributed by atoms with E-state index in [1.165, 1.54) is 5.56 Å². The summed E-state index contributed by atoms with van der Waals surface area (Å²) in [6, 6.07) is 12.4. The van der Waals surface area contributed by atoms with E-state index in [1.54, 1.807) is 0 Å². The van der Waals surface area contributed by atoms with Crippen LogP contribution in [0.4, 0.5) is 0 Å². The largest absolute Gasteiger partial charge is 0.344 e. The Hall–Kier alpha value is -2.03. The Labute approximate surface area is 119 Å². The Balaban J connectivity index is 1.88. The number of hydrogen-bond donors (Lipinski definition) is 0. The van der Waals surface area contributed by atoms with Crippen LogP contribution in [-0.4, -0.2) is 28.5 Å². The molecule has 0 radical (unpaired) electrons. The molecule has 1 aromatic heterocycles. The van der Waals surface area contributed by atoms with Gasteiger partial charge in [-0.1, -0.05) is 30.3 Å². The Morgan fingerprint density at radius 1 is 1.15 bits per heavy atom. The minimum absolute atomic E-state index is 0.184. The van der Waals surface area contributed by atoms with Crippen LogP contribution < -0.4 is 0 Å². The lowest BCUT2D eigenvalue weighted by molar-refractivity contribution is 0.0651. The highest BCUT2D eigenvalue weighted by molar-refractivity contribution is 5.96. The number of rotatable bonds is 3. The molecule has 1 aromatic carbocycles. The van der Waals surface area contributed by atoms with Gasteiger partial charge in [0.15, 0.2) is 0 Å². The van der Waals surface area contributed by atoms with Gasteiger partial charge in [0.2, 0.25) is 0 Å². The number of amides is 1. The van der Waals surface area contributed by atoms with E-state index in [1.807, 2.05) is 24.0 Å². The number of nitrogens with zero attached hydrogens (tertiary/aromatic N) is 2. The van der Waals surface area contributed by atoms with E-state index < -0.39 is 0 Å². The molecule has 3 heteroatoms. The molecule has 0 saturated carbocycles. The molecule has 2 aromatic rings. The molecule has 0 aliphatic carbocycles. The SMILES string of the molecule is Cc1cc(C(=O)N2CCC2)c(C)n1Cc1ccccc1. The third-order valence-corrected chi connectivity index (χ3v) is 4.13. The van der Waals surface area contributed by atoms with Crippen LogP contribution in [0.2, 0.25) is 0 Å². The number of likely N-dealkylation sites (tertiary alicyclic amines) is 1. The molecule has 3 rings (SSSR count). The van der Waals surface area contributed by atoms with Crippen LogP contribution in [0.25, 0.3) is 0 Å². The van der Waals surface area contributed by atoms with Crippen LogP contribution in [-0.2, 0) is 6.54 Å². The number of benzene rings is 1. The number of aryl methyl sites for hydroxylation is 1. The van der Waals surface area contributed by atoms with Gasteiger partial charge in [0.1, 0.15) is 0 Å². The molecule has 0 atom stereocenters. The summed E-state index contributed by atoms with van der Waals surface area (Å²) in [5.74, 6) is 0.184. The quantitative estimate of drug-likeness (QED) is 0.840. The fourth-order valence-corrected chi connectivity index (χ4v) is 2.72. The summed E-state index contributed by atoms with van der Waals surface area (Å²) in [5, 5.41) is 0. The van der Waals surface area contributed by atoms with Crippen LogP contribution >= 0.6 is 0 Å². The lowest BCUT2D eigenvalue weighted by Gasteiger charge is -2.30. The van der Waals surface area contributed by atoms with E-state index in [-0.39, 0.29) is 5.91 Å². The van der Waals surface area contributed by atoms with Crippen LogP contribution in [0.1, 0.15) is 33.7 Å². The topological polar surface area (TPSA) is 25.2 Å². The first kappa shape index (κ1) is 13.0. The molecule has 104 valence electrons. The highest BCUT2D eigenvalue weighted by atomic mass is 16.2. The molecule has 20 heavy (non-hydrogen) atoms. The van der Waals surface area contributed by atoms with Gasteiger partial charge in [-0.15, -0.1) is 0 Å². The number of carbonyl (C=O) groups is 1. The highest BCUT2D eigenvalue weighted by Gasteiger charge is 2.25. The molecule has 1 fully saturated rings. The predicted molar refractivity (Wildman–Crippen MR) is 80.0 cm³/mol. The normalized spacial score (nSPS) is 14.2. The van der Waals surface area contributed by atoms with Crippen molar-refractivity contribution in [2.24, 2.45) is 0 Å². The smallest absolute Gasteiger partial charge is 0.255 e. The maximum absolute atomic E-state index is 12.4. The molecule has 1 aliphatic rings. The summed E-state index contributed by atoms with van der Waals surface area (Å²) in [5.41, 5.74) is 4.34. The summed E-state index contributed by atoms with van der Waals surface area (Å²) < 4.78 is 2.22. The lowest BCUT2D eigenvalue weighted by atomic mass is 10.1. The lowest BCUT2D eigenvalue weighted by Crippen LogP contribution is -2.42. The Kier molecular flexibility index (Phi) is 3.35. The first-order chi connectivity index (χ1) is 9.66. The van der Waals surface area contributed by atoms with Gasteiger partial charge in [-0.2, -0.15) is 0 Å². The van der Waals surface area contributed by atoms with Crippen molar-refractivity contribution in [3.8, 4) is 0 Å². The van der Waals surface area contributed by atoms with E-state index in [9.17, 15) is 4.79 Å². The monoisotopic (exact) mass is 268 g/mol. The van der Waals surface area contributed by atoms with E-state index in [0.717, 1.165) is 43.0 Å². The standard InChI is InChI=1S/C17H20N2O/c1-13-11-16(17(20)18-9-6-10-18)14(2)19(13)12-15-7-4-3-5-8-15/h3-5,7-8,11H,6,9-10,12H2,1-2H3. The van der Waals surface area contributed by atoms with Crippen molar-refractivity contribution in [3.05, 3.63) is 58.9 Å². The van der Waals surface area contributed by atoms with Crippen molar-refractivity contribution >= 4 is 5.91 Å². The second-order valence-corrected chi connectivity index (χ2v) is 5.50. The highest BCUT2D eigenvalue weighted by Crippen LogP contribution is 2.21. The van der Waals surface area contributed by atoms with Gasteiger partial charge in [0.05, 0.1) is 5.56 Å². The van der Waals surface area contributed by atoms with Gasteiger partial charge in [-0.05, 0) is 31.9 Å². The average molecular weight is 268 g/mol. The van der Waals surface area contributed by atoms with Crippen molar-refractivity contribution in [3.63, 3.8) is 0 Å². The van der Waals surface area contributed by atoms with Crippen molar-refractivity contribution in [2.45, 2.75) is 26.8 Å². The van der Waals surface area contributed by atoms with Crippen molar-refractivity contribution in [1.29, 1.82) is 0 Å². The summed E-state index contributed by atoms with van der Waals surface area (Å²) in [7, 11) is 0. The number of aromatic nitrogens is 1. The van der Waals surface area contributed by atoms with Gasteiger partial charge in [0.25, 0.3) is 5.91 Å². The molecule has 3 nitrogen and oxygen atoms in total. The predicted octanol–water partition coefficient (Wildman–Crippen LogP) is 3.00. The summed E-state index contributed by atoms with van der Waals surface area (Å²) in [4.78, 5) is 14.3. The van der Waals surface area contributed by atoms with Crippen molar-refractivity contribution < 1.29 is 4.79 Å². The summed E-state index contributed by atoms with van der Waals surface area (Å²) in [6.45, 7) is 6.75. The van der Waals surface area contributed by atoms with E-state index in [0.29, 0.717) is 0 Å². The second kappa shape index (κ2) is 5.16. The zero-order valence-electron chi connectivity index (χ0n) is 12.1. The van der Waals surface area contributed by atoms with Crippen LogP contribution in [0.3, 0.4) is 0 Å². The molecule has 0 bridgehead atoms. The Bertz CT molecular complexity index is 624. The fourth-order valence-electron chi connectivity index (χ4n) is 2.72. The molecule has 1 saturated heterocycles. The van der Waals surface area contributed by atoms with Crippen LogP contribution in [0, 0.1) is 13.8 Å². The van der Waals surface area contributed by atoms with E-state index >= 15 is 0 Å². The summed E-state index contributed by atoms with van der Waals surface area (Å²) >= 11 is 0.